The van der Waals surface area contributed by atoms with E-state index in [1.54, 1.807) is 12.1 Å². The lowest BCUT2D eigenvalue weighted by Gasteiger charge is -2.35. The SMILES string of the molecule is Fc1ccc(OCCCN2C[C@@H]3CC[C@H](C2)N(Cc2ccccn2)C3)cc1. The van der Waals surface area contributed by atoms with Gasteiger partial charge in [0.15, 0.2) is 0 Å². The minimum atomic E-state index is -0.224. The van der Waals surface area contributed by atoms with E-state index in [1.165, 1.54) is 43.8 Å². The van der Waals surface area contributed by atoms with Crippen LogP contribution in [0.25, 0.3) is 0 Å². The van der Waals surface area contributed by atoms with Gasteiger partial charge in [0.25, 0.3) is 0 Å². The van der Waals surface area contributed by atoms with Gasteiger partial charge < -0.3 is 9.64 Å². The van der Waals surface area contributed by atoms with Gasteiger partial charge in [0, 0.05) is 45.0 Å². The summed E-state index contributed by atoms with van der Waals surface area (Å²) < 4.78 is 18.7. The molecule has 1 aromatic heterocycles. The third-order valence-electron chi connectivity index (χ3n) is 5.69. The predicted molar refractivity (Wildman–Crippen MR) is 104 cm³/mol. The summed E-state index contributed by atoms with van der Waals surface area (Å²) >= 11 is 0. The van der Waals surface area contributed by atoms with Gasteiger partial charge in [-0.1, -0.05) is 6.07 Å². The van der Waals surface area contributed by atoms with Crippen molar-refractivity contribution in [2.24, 2.45) is 5.92 Å². The van der Waals surface area contributed by atoms with Gasteiger partial charge in [-0.2, -0.15) is 0 Å². The number of halogens is 1. The zero-order chi connectivity index (χ0) is 18.5. The van der Waals surface area contributed by atoms with Crippen LogP contribution in [0.4, 0.5) is 4.39 Å². The first-order valence-corrected chi connectivity index (χ1v) is 10.0. The van der Waals surface area contributed by atoms with Gasteiger partial charge in [-0.15, -0.1) is 0 Å². The molecule has 0 aliphatic carbocycles. The minimum absolute atomic E-state index is 0.224. The number of fused-ring (bicyclic) bond motifs is 4. The molecule has 3 aliphatic rings. The quantitative estimate of drug-likeness (QED) is 0.698. The zero-order valence-corrected chi connectivity index (χ0v) is 15.8. The molecule has 2 bridgehead atoms. The Kier molecular flexibility index (Phi) is 6.00. The van der Waals surface area contributed by atoms with Gasteiger partial charge in [-0.25, -0.2) is 4.39 Å². The van der Waals surface area contributed by atoms with Crippen molar-refractivity contribution >= 4 is 0 Å². The Bertz CT molecular complexity index is 709. The number of benzene rings is 1. The van der Waals surface area contributed by atoms with E-state index in [-0.39, 0.29) is 5.82 Å². The molecule has 3 fully saturated rings. The highest BCUT2D eigenvalue weighted by atomic mass is 19.1. The number of hydrogen-bond donors (Lipinski definition) is 0. The van der Waals surface area contributed by atoms with E-state index in [9.17, 15) is 4.39 Å². The highest BCUT2D eigenvalue weighted by molar-refractivity contribution is 5.21. The van der Waals surface area contributed by atoms with Crippen LogP contribution in [0.3, 0.4) is 0 Å². The van der Waals surface area contributed by atoms with Crippen LogP contribution in [-0.2, 0) is 6.54 Å². The van der Waals surface area contributed by atoms with Crippen molar-refractivity contribution in [1.29, 1.82) is 0 Å². The third-order valence-corrected chi connectivity index (χ3v) is 5.69. The van der Waals surface area contributed by atoms with Crippen LogP contribution in [0, 0.1) is 11.7 Å². The van der Waals surface area contributed by atoms with Crippen LogP contribution in [0.15, 0.2) is 48.7 Å². The Labute approximate surface area is 161 Å². The van der Waals surface area contributed by atoms with E-state index in [0.29, 0.717) is 12.6 Å². The third kappa shape index (κ3) is 5.05. The molecule has 5 rings (SSSR count). The molecule has 3 saturated heterocycles. The summed E-state index contributed by atoms with van der Waals surface area (Å²) in [7, 11) is 0. The van der Waals surface area contributed by atoms with Crippen LogP contribution < -0.4 is 4.74 Å². The van der Waals surface area contributed by atoms with Gasteiger partial charge in [-0.3, -0.25) is 9.88 Å². The van der Waals surface area contributed by atoms with Crippen molar-refractivity contribution in [2.45, 2.75) is 31.8 Å². The Balaban J connectivity index is 1.25. The van der Waals surface area contributed by atoms with Crippen LogP contribution in [0.1, 0.15) is 25.0 Å². The fourth-order valence-corrected chi connectivity index (χ4v) is 4.36. The normalized spacial score (nSPS) is 23.3. The van der Waals surface area contributed by atoms with E-state index in [4.69, 9.17) is 4.74 Å². The van der Waals surface area contributed by atoms with E-state index in [1.807, 2.05) is 12.3 Å². The average molecular weight is 369 g/mol. The number of aromatic nitrogens is 1. The number of pyridine rings is 1. The first-order chi connectivity index (χ1) is 13.3. The molecule has 2 atom stereocenters. The van der Waals surface area contributed by atoms with Crippen molar-refractivity contribution in [3.05, 3.63) is 60.2 Å². The first kappa shape index (κ1) is 18.4. The Morgan fingerprint density at radius 1 is 1.04 bits per heavy atom. The number of hydrogen-bond acceptors (Lipinski definition) is 4. The predicted octanol–water partition coefficient (Wildman–Crippen LogP) is 3.59. The van der Waals surface area contributed by atoms with E-state index >= 15 is 0 Å². The molecule has 0 radical (unpaired) electrons. The Hall–Kier alpha value is -1.98. The Morgan fingerprint density at radius 3 is 2.74 bits per heavy atom. The van der Waals surface area contributed by atoms with Crippen LogP contribution >= 0.6 is 0 Å². The number of ether oxygens (including phenoxy) is 1. The maximum atomic E-state index is 12.9. The summed E-state index contributed by atoms with van der Waals surface area (Å²) in [5, 5.41) is 0. The molecular formula is C22H28FN3O. The summed E-state index contributed by atoms with van der Waals surface area (Å²) in [6.07, 6.45) is 5.52. The largest absolute Gasteiger partial charge is 0.494 e. The van der Waals surface area contributed by atoms with Gasteiger partial charge >= 0.3 is 0 Å². The van der Waals surface area contributed by atoms with E-state index in [0.717, 1.165) is 37.7 Å². The summed E-state index contributed by atoms with van der Waals surface area (Å²) in [6.45, 7) is 6.21. The number of nitrogens with zero attached hydrogens (tertiary/aromatic N) is 3. The smallest absolute Gasteiger partial charge is 0.123 e. The molecule has 0 N–H and O–H groups in total. The topological polar surface area (TPSA) is 28.6 Å². The molecule has 4 nitrogen and oxygen atoms in total. The standard InChI is InChI=1S/C22H28FN3O/c23-19-6-9-22(10-7-19)27-13-3-12-25-14-18-5-8-21(17-25)26(15-18)16-20-4-1-2-11-24-20/h1-2,4,6-7,9-11,18,21H,3,5,8,12-17H2/t18-,21+/m0/s1. The molecule has 0 amide bonds. The highest BCUT2D eigenvalue weighted by Crippen LogP contribution is 2.29. The minimum Gasteiger partial charge on any atom is -0.494 e. The van der Waals surface area contributed by atoms with Crippen molar-refractivity contribution < 1.29 is 9.13 Å². The zero-order valence-electron chi connectivity index (χ0n) is 15.8. The van der Waals surface area contributed by atoms with Crippen LogP contribution in [0.2, 0.25) is 0 Å². The van der Waals surface area contributed by atoms with Gasteiger partial charge in [0.05, 0.1) is 12.3 Å². The molecule has 2 aromatic rings. The maximum Gasteiger partial charge on any atom is 0.123 e. The van der Waals surface area contributed by atoms with Crippen molar-refractivity contribution in [2.75, 3.05) is 32.8 Å². The highest BCUT2D eigenvalue weighted by Gasteiger charge is 2.34. The van der Waals surface area contributed by atoms with E-state index < -0.39 is 0 Å². The molecule has 0 saturated carbocycles. The average Bonchev–Trinajstić information content (AvgIpc) is 2.98. The van der Waals surface area contributed by atoms with Crippen molar-refractivity contribution in [3.8, 4) is 5.75 Å². The van der Waals surface area contributed by atoms with Gasteiger partial charge in [0.1, 0.15) is 11.6 Å². The van der Waals surface area contributed by atoms with Crippen molar-refractivity contribution in [1.82, 2.24) is 14.8 Å². The number of rotatable bonds is 7. The monoisotopic (exact) mass is 369 g/mol. The Morgan fingerprint density at radius 2 is 1.93 bits per heavy atom. The molecule has 0 unspecified atom stereocenters. The summed E-state index contributed by atoms with van der Waals surface area (Å²) in [5.74, 6) is 1.28. The summed E-state index contributed by atoms with van der Waals surface area (Å²) in [5.41, 5.74) is 1.17. The molecular weight excluding hydrogens is 341 g/mol. The first-order valence-electron chi connectivity index (χ1n) is 10.0. The lowest BCUT2D eigenvalue weighted by atomic mass is 9.95. The molecule has 1 aromatic carbocycles. The summed E-state index contributed by atoms with van der Waals surface area (Å²) in [4.78, 5) is 9.74. The second-order valence-corrected chi connectivity index (χ2v) is 7.76. The molecule has 4 heterocycles. The molecule has 3 aliphatic heterocycles. The number of piperidine rings is 1. The molecule has 27 heavy (non-hydrogen) atoms. The second kappa shape index (κ2) is 8.81. The van der Waals surface area contributed by atoms with Crippen molar-refractivity contribution in [3.63, 3.8) is 0 Å². The second-order valence-electron chi connectivity index (χ2n) is 7.76. The molecule has 5 heteroatoms. The fraction of sp³-hybridized carbons (Fsp3) is 0.500. The molecule has 0 spiro atoms. The summed E-state index contributed by atoms with van der Waals surface area (Å²) in [6, 6.07) is 13.1. The van der Waals surface area contributed by atoms with Gasteiger partial charge in [0.2, 0.25) is 0 Å². The lowest BCUT2D eigenvalue weighted by molar-refractivity contribution is 0.121. The molecule has 144 valence electrons. The van der Waals surface area contributed by atoms with Crippen LogP contribution in [-0.4, -0.2) is 53.6 Å². The maximum absolute atomic E-state index is 12.9. The lowest BCUT2D eigenvalue weighted by Crippen LogP contribution is -2.43. The van der Waals surface area contributed by atoms with Crippen LogP contribution in [0.5, 0.6) is 5.75 Å². The van der Waals surface area contributed by atoms with Gasteiger partial charge in [-0.05, 0) is 61.6 Å². The van der Waals surface area contributed by atoms with E-state index in [2.05, 4.69) is 26.9 Å². The fourth-order valence-electron chi connectivity index (χ4n) is 4.36.